The highest BCUT2D eigenvalue weighted by atomic mass is 35.5. The summed E-state index contributed by atoms with van der Waals surface area (Å²) in [6, 6.07) is 7.10. The first-order chi connectivity index (χ1) is 8.18. The van der Waals surface area contributed by atoms with Gasteiger partial charge in [-0.3, -0.25) is 0 Å². The molecule has 0 bridgehead atoms. The van der Waals surface area contributed by atoms with Crippen molar-refractivity contribution >= 4 is 23.2 Å². The standard InChI is InChI=1S/C12H11Cl2N3/c13-9-3-1-2-8(12(9)14)6-10(15)11-4-5-16-7-17-11/h1-5,7,10H,6,15H2. The van der Waals surface area contributed by atoms with Crippen molar-refractivity contribution in [2.45, 2.75) is 12.5 Å². The van der Waals surface area contributed by atoms with Crippen molar-refractivity contribution in [2.75, 3.05) is 0 Å². The summed E-state index contributed by atoms with van der Waals surface area (Å²) >= 11 is 12.0. The summed E-state index contributed by atoms with van der Waals surface area (Å²) in [5, 5.41) is 1.10. The largest absolute Gasteiger partial charge is 0.322 e. The summed E-state index contributed by atoms with van der Waals surface area (Å²) in [4.78, 5) is 7.97. The second-order valence-corrected chi connectivity index (χ2v) is 4.44. The molecule has 0 saturated heterocycles. The van der Waals surface area contributed by atoms with Gasteiger partial charge in [0, 0.05) is 6.20 Å². The summed E-state index contributed by atoms with van der Waals surface area (Å²) in [6.45, 7) is 0. The quantitative estimate of drug-likeness (QED) is 0.930. The zero-order valence-electron chi connectivity index (χ0n) is 8.98. The summed E-state index contributed by atoms with van der Waals surface area (Å²) in [7, 11) is 0. The fraction of sp³-hybridized carbons (Fsp3) is 0.167. The minimum absolute atomic E-state index is 0.214. The number of nitrogens with zero attached hydrogens (tertiary/aromatic N) is 2. The van der Waals surface area contributed by atoms with E-state index in [1.807, 2.05) is 12.1 Å². The molecule has 0 spiro atoms. The Hall–Kier alpha value is -1.16. The zero-order valence-corrected chi connectivity index (χ0v) is 10.5. The van der Waals surface area contributed by atoms with E-state index < -0.39 is 0 Å². The van der Waals surface area contributed by atoms with Gasteiger partial charge in [-0.05, 0) is 24.1 Å². The molecule has 0 saturated carbocycles. The Labute approximate surface area is 110 Å². The van der Waals surface area contributed by atoms with Crippen LogP contribution in [0.2, 0.25) is 10.0 Å². The van der Waals surface area contributed by atoms with Gasteiger partial charge in [0.2, 0.25) is 0 Å². The topological polar surface area (TPSA) is 51.8 Å². The van der Waals surface area contributed by atoms with Gasteiger partial charge in [0.05, 0.1) is 21.8 Å². The first kappa shape index (κ1) is 12.3. The molecule has 2 N–H and O–H groups in total. The van der Waals surface area contributed by atoms with Gasteiger partial charge in [0.1, 0.15) is 6.33 Å². The van der Waals surface area contributed by atoms with Crippen molar-refractivity contribution in [1.29, 1.82) is 0 Å². The molecule has 5 heteroatoms. The lowest BCUT2D eigenvalue weighted by Crippen LogP contribution is -2.15. The van der Waals surface area contributed by atoms with E-state index >= 15 is 0 Å². The molecular weight excluding hydrogens is 257 g/mol. The summed E-state index contributed by atoms with van der Waals surface area (Å²) in [5.74, 6) is 0. The summed E-state index contributed by atoms with van der Waals surface area (Å²) in [5.41, 5.74) is 7.76. The molecule has 2 rings (SSSR count). The van der Waals surface area contributed by atoms with Crippen molar-refractivity contribution in [3.63, 3.8) is 0 Å². The van der Waals surface area contributed by atoms with Gasteiger partial charge in [-0.15, -0.1) is 0 Å². The van der Waals surface area contributed by atoms with E-state index in [-0.39, 0.29) is 6.04 Å². The van der Waals surface area contributed by atoms with Gasteiger partial charge in [0.25, 0.3) is 0 Å². The van der Waals surface area contributed by atoms with Gasteiger partial charge >= 0.3 is 0 Å². The van der Waals surface area contributed by atoms with Gasteiger partial charge in [-0.1, -0.05) is 35.3 Å². The molecule has 0 aliphatic rings. The second-order valence-electron chi connectivity index (χ2n) is 3.66. The lowest BCUT2D eigenvalue weighted by Gasteiger charge is -2.12. The average Bonchev–Trinajstić information content (AvgIpc) is 2.36. The lowest BCUT2D eigenvalue weighted by molar-refractivity contribution is 0.693. The highest BCUT2D eigenvalue weighted by Gasteiger charge is 2.11. The van der Waals surface area contributed by atoms with E-state index in [1.165, 1.54) is 6.33 Å². The Morgan fingerprint density at radius 1 is 1.24 bits per heavy atom. The fourth-order valence-electron chi connectivity index (χ4n) is 1.57. The molecule has 1 aromatic carbocycles. The van der Waals surface area contributed by atoms with E-state index in [0.29, 0.717) is 16.5 Å². The zero-order chi connectivity index (χ0) is 12.3. The predicted octanol–water partition coefficient (Wildman–Crippen LogP) is 3.03. The van der Waals surface area contributed by atoms with Crippen molar-refractivity contribution in [2.24, 2.45) is 5.73 Å². The van der Waals surface area contributed by atoms with Crippen LogP contribution in [0.25, 0.3) is 0 Å². The summed E-state index contributed by atoms with van der Waals surface area (Å²) in [6.07, 6.45) is 3.74. The van der Waals surface area contributed by atoms with E-state index in [2.05, 4.69) is 9.97 Å². The minimum Gasteiger partial charge on any atom is -0.322 e. The van der Waals surface area contributed by atoms with E-state index in [4.69, 9.17) is 28.9 Å². The number of benzene rings is 1. The number of rotatable bonds is 3. The van der Waals surface area contributed by atoms with Gasteiger partial charge in [0.15, 0.2) is 0 Å². The molecule has 1 heterocycles. The van der Waals surface area contributed by atoms with E-state index in [1.54, 1.807) is 18.3 Å². The van der Waals surface area contributed by atoms with Crippen LogP contribution in [0.1, 0.15) is 17.3 Å². The van der Waals surface area contributed by atoms with Gasteiger partial charge < -0.3 is 5.73 Å². The Morgan fingerprint density at radius 3 is 2.76 bits per heavy atom. The van der Waals surface area contributed by atoms with Crippen LogP contribution in [0, 0.1) is 0 Å². The summed E-state index contributed by atoms with van der Waals surface area (Å²) < 4.78 is 0. The molecule has 17 heavy (non-hydrogen) atoms. The fourth-order valence-corrected chi connectivity index (χ4v) is 1.97. The lowest BCUT2D eigenvalue weighted by atomic mass is 10.0. The van der Waals surface area contributed by atoms with Crippen LogP contribution in [0.5, 0.6) is 0 Å². The average molecular weight is 268 g/mol. The molecular formula is C12H11Cl2N3. The number of nitrogens with two attached hydrogens (primary N) is 1. The molecule has 3 nitrogen and oxygen atoms in total. The first-order valence-corrected chi connectivity index (χ1v) is 5.88. The van der Waals surface area contributed by atoms with Crippen LogP contribution in [0.4, 0.5) is 0 Å². The maximum atomic E-state index is 6.10. The van der Waals surface area contributed by atoms with Crippen LogP contribution in [0.15, 0.2) is 36.8 Å². The molecule has 1 unspecified atom stereocenters. The second kappa shape index (κ2) is 5.45. The smallest absolute Gasteiger partial charge is 0.115 e. The van der Waals surface area contributed by atoms with Crippen molar-refractivity contribution < 1.29 is 0 Å². The first-order valence-electron chi connectivity index (χ1n) is 5.13. The molecule has 0 fully saturated rings. The van der Waals surface area contributed by atoms with Crippen LogP contribution in [-0.4, -0.2) is 9.97 Å². The Balaban J connectivity index is 2.19. The Kier molecular flexibility index (Phi) is 3.94. The normalized spacial score (nSPS) is 12.4. The molecule has 88 valence electrons. The van der Waals surface area contributed by atoms with E-state index in [9.17, 15) is 0 Å². The number of aromatic nitrogens is 2. The molecule has 0 aliphatic heterocycles. The monoisotopic (exact) mass is 267 g/mol. The SMILES string of the molecule is NC(Cc1cccc(Cl)c1Cl)c1ccncn1. The van der Waals surface area contributed by atoms with Crippen molar-refractivity contribution in [3.05, 3.63) is 58.1 Å². The number of hydrogen-bond acceptors (Lipinski definition) is 3. The Bertz CT molecular complexity index is 502. The third kappa shape index (κ3) is 2.94. The third-order valence-corrected chi connectivity index (χ3v) is 3.31. The van der Waals surface area contributed by atoms with Gasteiger partial charge in [-0.2, -0.15) is 0 Å². The van der Waals surface area contributed by atoms with Gasteiger partial charge in [-0.25, -0.2) is 9.97 Å². The van der Waals surface area contributed by atoms with Crippen LogP contribution in [-0.2, 0) is 6.42 Å². The van der Waals surface area contributed by atoms with Crippen molar-refractivity contribution in [1.82, 2.24) is 9.97 Å². The van der Waals surface area contributed by atoms with Crippen molar-refractivity contribution in [3.8, 4) is 0 Å². The van der Waals surface area contributed by atoms with Crippen LogP contribution in [0.3, 0.4) is 0 Å². The molecule has 1 atom stereocenters. The molecule has 0 radical (unpaired) electrons. The highest BCUT2D eigenvalue weighted by molar-refractivity contribution is 6.42. The van der Waals surface area contributed by atoms with Crippen LogP contribution >= 0.6 is 23.2 Å². The van der Waals surface area contributed by atoms with Crippen LogP contribution < -0.4 is 5.73 Å². The highest BCUT2D eigenvalue weighted by Crippen LogP contribution is 2.28. The molecule has 2 aromatic rings. The minimum atomic E-state index is -0.214. The molecule has 0 aliphatic carbocycles. The predicted molar refractivity (Wildman–Crippen MR) is 69.1 cm³/mol. The molecule has 1 aromatic heterocycles. The van der Waals surface area contributed by atoms with E-state index in [0.717, 1.165) is 11.3 Å². The number of halogens is 2. The molecule has 0 amide bonds. The number of hydrogen-bond donors (Lipinski definition) is 1. The maximum Gasteiger partial charge on any atom is 0.115 e. The Morgan fingerprint density at radius 2 is 2.06 bits per heavy atom. The third-order valence-electron chi connectivity index (χ3n) is 2.46. The maximum absolute atomic E-state index is 6.10.